The van der Waals surface area contributed by atoms with Gasteiger partial charge in [0.2, 0.25) is 0 Å². The summed E-state index contributed by atoms with van der Waals surface area (Å²) in [6.45, 7) is 7.77. The Balaban J connectivity index is 1.79. The highest BCUT2D eigenvalue weighted by Crippen LogP contribution is 2.25. The van der Waals surface area contributed by atoms with E-state index >= 15 is 0 Å². The molecule has 98 valence electrons. The molecule has 4 nitrogen and oxygen atoms in total. The van der Waals surface area contributed by atoms with Gasteiger partial charge in [0.1, 0.15) is 5.60 Å². The number of ether oxygens (including phenoxy) is 1. The van der Waals surface area contributed by atoms with E-state index in [0.717, 1.165) is 32.5 Å². The van der Waals surface area contributed by atoms with Crippen LogP contribution in [0.1, 0.15) is 33.1 Å². The van der Waals surface area contributed by atoms with Gasteiger partial charge in [-0.1, -0.05) is 6.92 Å². The third kappa shape index (κ3) is 2.99. The Kier molecular flexibility index (Phi) is 4.05. The number of hydrogen-bond acceptors (Lipinski definition) is 3. The van der Waals surface area contributed by atoms with Crippen molar-refractivity contribution in [2.45, 2.75) is 38.7 Å². The van der Waals surface area contributed by atoms with Gasteiger partial charge in [0.05, 0.1) is 0 Å². The number of carbonyl (C=O) groups excluding carboxylic acids is 1. The van der Waals surface area contributed by atoms with Gasteiger partial charge in [0.25, 0.3) is 5.91 Å². The average Bonchev–Trinajstić information content (AvgIpc) is 2.76. The van der Waals surface area contributed by atoms with Crippen molar-refractivity contribution in [2.24, 2.45) is 11.8 Å². The Morgan fingerprint density at radius 3 is 3.06 bits per heavy atom. The first-order valence-electron chi connectivity index (χ1n) is 6.75. The van der Waals surface area contributed by atoms with Crippen LogP contribution in [0.3, 0.4) is 0 Å². The molecular formula is C13H24N2O2. The first-order chi connectivity index (χ1) is 8.12. The number of amides is 1. The van der Waals surface area contributed by atoms with Gasteiger partial charge in [0.15, 0.2) is 0 Å². The fourth-order valence-electron chi connectivity index (χ4n) is 2.70. The summed E-state index contributed by atoms with van der Waals surface area (Å²) in [6.07, 6.45) is 3.04. The summed E-state index contributed by atoms with van der Waals surface area (Å²) in [6, 6.07) is 0. The van der Waals surface area contributed by atoms with Crippen LogP contribution in [0, 0.1) is 11.8 Å². The Labute approximate surface area is 103 Å². The molecule has 0 aromatic rings. The van der Waals surface area contributed by atoms with Gasteiger partial charge in [-0.3, -0.25) is 4.79 Å². The van der Waals surface area contributed by atoms with Crippen molar-refractivity contribution in [3.63, 3.8) is 0 Å². The smallest absolute Gasteiger partial charge is 0.251 e. The fourth-order valence-corrected chi connectivity index (χ4v) is 2.70. The Morgan fingerprint density at radius 2 is 2.41 bits per heavy atom. The van der Waals surface area contributed by atoms with Crippen molar-refractivity contribution in [2.75, 3.05) is 26.2 Å². The van der Waals surface area contributed by atoms with Crippen LogP contribution in [0.2, 0.25) is 0 Å². The molecule has 17 heavy (non-hydrogen) atoms. The first-order valence-corrected chi connectivity index (χ1v) is 6.75. The second kappa shape index (κ2) is 5.36. The summed E-state index contributed by atoms with van der Waals surface area (Å²) in [7, 11) is 0. The summed E-state index contributed by atoms with van der Waals surface area (Å²) in [5, 5.41) is 6.45. The molecule has 2 aliphatic heterocycles. The molecule has 2 fully saturated rings. The lowest BCUT2D eigenvalue weighted by Gasteiger charge is -2.31. The van der Waals surface area contributed by atoms with Crippen molar-refractivity contribution in [1.82, 2.24) is 10.6 Å². The summed E-state index contributed by atoms with van der Waals surface area (Å²) >= 11 is 0. The predicted octanol–water partition coefficient (Wildman–Crippen LogP) is 0.917. The molecule has 0 spiro atoms. The van der Waals surface area contributed by atoms with E-state index in [1.54, 1.807) is 0 Å². The first kappa shape index (κ1) is 12.8. The molecule has 2 N–H and O–H groups in total. The monoisotopic (exact) mass is 240 g/mol. The molecule has 0 aromatic carbocycles. The normalized spacial score (nSPS) is 38.0. The van der Waals surface area contributed by atoms with Crippen molar-refractivity contribution in [1.29, 1.82) is 0 Å². The highest BCUT2D eigenvalue weighted by atomic mass is 16.5. The molecule has 0 bridgehead atoms. The van der Waals surface area contributed by atoms with E-state index in [2.05, 4.69) is 17.6 Å². The van der Waals surface area contributed by atoms with Crippen LogP contribution < -0.4 is 10.6 Å². The Hall–Kier alpha value is -0.610. The van der Waals surface area contributed by atoms with Crippen molar-refractivity contribution in [3.05, 3.63) is 0 Å². The highest BCUT2D eigenvalue weighted by molar-refractivity contribution is 5.84. The molecule has 2 rings (SSSR count). The number of piperidine rings is 1. The molecule has 2 heterocycles. The van der Waals surface area contributed by atoms with Gasteiger partial charge in [-0.05, 0) is 51.1 Å². The number of carbonyl (C=O) groups is 1. The van der Waals surface area contributed by atoms with Crippen molar-refractivity contribution < 1.29 is 9.53 Å². The summed E-state index contributed by atoms with van der Waals surface area (Å²) in [5.41, 5.74) is -0.578. The zero-order valence-electron chi connectivity index (χ0n) is 10.9. The van der Waals surface area contributed by atoms with Crippen LogP contribution in [-0.4, -0.2) is 37.7 Å². The second-order valence-electron chi connectivity index (χ2n) is 5.62. The standard InChI is InChI=1S/C13H24N2O2/c1-10-4-6-14-8-11(10)9-15-12(16)13(2)5-3-7-17-13/h10-11,14H,3-9H2,1-2H3,(H,15,16). The van der Waals surface area contributed by atoms with E-state index in [-0.39, 0.29) is 5.91 Å². The zero-order valence-corrected chi connectivity index (χ0v) is 10.9. The van der Waals surface area contributed by atoms with Gasteiger partial charge < -0.3 is 15.4 Å². The molecular weight excluding hydrogens is 216 g/mol. The van der Waals surface area contributed by atoms with Crippen LogP contribution in [-0.2, 0) is 9.53 Å². The minimum Gasteiger partial charge on any atom is -0.365 e. The molecule has 2 saturated heterocycles. The highest BCUT2D eigenvalue weighted by Gasteiger charge is 2.37. The molecule has 1 amide bonds. The van der Waals surface area contributed by atoms with Crippen LogP contribution in [0.25, 0.3) is 0 Å². The molecule has 2 aliphatic rings. The molecule has 4 heteroatoms. The molecule has 0 radical (unpaired) electrons. The SMILES string of the molecule is CC1CCNCC1CNC(=O)C1(C)CCCO1. The number of hydrogen-bond donors (Lipinski definition) is 2. The predicted molar refractivity (Wildman–Crippen MR) is 66.7 cm³/mol. The second-order valence-corrected chi connectivity index (χ2v) is 5.62. The topological polar surface area (TPSA) is 50.4 Å². The molecule has 3 atom stereocenters. The maximum Gasteiger partial charge on any atom is 0.251 e. The van der Waals surface area contributed by atoms with E-state index in [9.17, 15) is 4.79 Å². The lowest BCUT2D eigenvalue weighted by Crippen LogP contribution is -2.48. The van der Waals surface area contributed by atoms with Crippen LogP contribution in [0.5, 0.6) is 0 Å². The third-order valence-electron chi connectivity index (χ3n) is 4.21. The van der Waals surface area contributed by atoms with E-state index < -0.39 is 5.60 Å². The summed E-state index contributed by atoms with van der Waals surface area (Å²) in [5.74, 6) is 1.30. The largest absolute Gasteiger partial charge is 0.365 e. The van der Waals surface area contributed by atoms with Crippen LogP contribution in [0.15, 0.2) is 0 Å². The number of nitrogens with one attached hydrogen (secondary N) is 2. The average molecular weight is 240 g/mol. The number of rotatable bonds is 3. The van der Waals surface area contributed by atoms with Gasteiger partial charge in [0, 0.05) is 13.2 Å². The Bertz CT molecular complexity index is 275. The lowest BCUT2D eigenvalue weighted by molar-refractivity contribution is -0.139. The minimum atomic E-state index is -0.578. The maximum absolute atomic E-state index is 12.1. The molecule has 0 saturated carbocycles. The minimum absolute atomic E-state index is 0.0628. The van der Waals surface area contributed by atoms with Gasteiger partial charge >= 0.3 is 0 Å². The Morgan fingerprint density at radius 1 is 1.59 bits per heavy atom. The molecule has 0 aromatic heterocycles. The van der Waals surface area contributed by atoms with Crippen LogP contribution >= 0.6 is 0 Å². The summed E-state index contributed by atoms with van der Waals surface area (Å²) < 4.78 is 5.54. The van der Waals surface area contributed by atoms with E-state index in [1.165, 1.54) is 6.42 Å². The van der Waals surface area contributed by atoms with E-state index in [0.29, 0.717) is 18.4 Å². The fraction of sp³-hybridized carbons (Fsp3) is 0.923. The lowest BCUT2D eigenvalue weighted by atomic mass is 9.88. The zero-order chi connectivity index (χ0) is 12.3. The van der Waals surface area contributed by atoms with E-state index in [1.807, 2.05) is 6.92 Å². The van der Waals surface area contributed by atoms with Crippen LogP contribution in [0.4, 0.5) is 0 Å². The van der Waals surface area contributed by atoms with Crippen molar-refractivity contribution in [3.8, 4) is 0 Å². The summed E-state index contributed by atoms with van der Waals surface area (Å²) in [4.78, 5) is 12.1. The van der Waals surface area contributed by atoms with E-state index in [4.69, 9.17) is 4.74 Å². The van der Waals surface area contributed by atoms with Crippen molar-refractivity contribution >= 4 is 5.91 Å². The quantitative estimate of drug-likeness (QED) is 0.771. The van der Waals surface area contributed by atoms with Gasteiger partial charge in [-0.15, -0.1) is 0 Å². The molecule has 0 aliphatic carbocycles. The van der Waals surface area contributed by atoms with Gasteiger partial charge in [-0.25, -0.2) is 0 Å². The maximum atomic E-state index is 12.1. The molecule has 3 unspecified atom stereocenters. The third-order valence-corrected chi connectivity index (χ3v) is 4.21. The van der Waals surface area contributed by atoms with Gasteiger partial charge in [-0.2, -0.15) is 0 Å².